The van der Waals surface area contributed by atoms with E-state index in [2.05, 4.69) is 0 Å². The molecule has 90 valence electrons. The van der Waals surface area contributed by atoms with E-state index >= 15 is 0 Å². The first kappa shape index (κ1) is 12.9. The molecule has 0 fully saturated rings. The highest BCUT2D eigenvalue weighted by Crippen LogP contribution is 2.07. The molecule has 0 aliphatic heterocycles. The van der Waals surface area contributed by atoms with E-state index in [1.807, 2.05) is 4.90 Å². The number of aldehydes is 1. The highest BCUT2D eigenvalue weighted by Gasteiger charge is 2.08. The first-order valence-corrected chi connectivity index (χ1v) is 6.87. The third-order valence-corrected chi connectivity index (χ3v) is 2.99. The van der Waals surface area contributed by atoms with Gasteiger partial charge >= 0.3 is 0 Å². The van der Waals surface area contributed by atoms with E-state index in [9.17, 15) is 13.2 Å². The summed E-state index contributed by atoms with van der Waals surface area (Å²) in [5.74, 6) is 1.05. The molecule has 0 N–H and O–H groups in total. The van der Waals surface area contributed by atoms with E-state index in [-0.39, 0.29) is 11.5 Å². The molecule has 0 spiro atoms. The quantitative estimate of drug-likeness (QED) is 0.685. The summed E-state index contributed by atoms with van der Waals surface area (Å²) in [4.78, 5) is 12.2. The predicted octanol–water partition coefficient (Wildman–Crippen LogP) is 0.569. The molecule has 0 atom stereocenters. The van der Waals surface area contributed by atoms with Crippen molar-refractivity contribution in [1.82, 2.24) is 4.90 Å². The van der Waals surface area contributed by atoms with Crippen LogP contribution in [0.5, 0.6) is 0 Å². The van der Waals surface area contributed by atoms with Gasteiger partial charge in [0, 0.05) is 12.8 Å². The van der Waals surface area contributed by atoms with E-state index in [0.29, 0.717) is 25.1 Å². The van der Waals surface area contributed by atoms with Crippen LogP contribution in [0.2, 0.25) is 0 Å². The maximum Gasteiger partial charge on any atom is 0.185 e. The van der Waals surface area contributed by atoms with Crippen molar-refractivity contribution in [1.29, 1.82) is 0 Å². The molecule has 0 radical (unpaired) electrons. The number of carbonyl (C=O) groups is 1. The zero-order valence-electron chi connectivity index (χ0n) is 9.34. The summed E-state index contributed by atoms with van der Waals surface area (Å²) in [6, 6.07) is 3.30. The van der Waals surface area contributed by atoms with Crippen molar-refractivity contribution in [2.45, 2.75) is 6.54 Å². The normalized spacial score (nSPS) is 11.9. The van der Waals surface area contributed by atoms with Gasteiger partial charge in [-0.1, -0.05) is 0 Å². The second-order valence-corrected chi connectivity index (χ2v) is 6.05. The highest BCUT2D eigenvalue weighted by molar-refractivity contribution is 7.90. The number of furan rings is 1. The molecular weight excluding hydrogens is 230 g/mol. The molecule has 0 aliphatic carbocycles. The molecule has 1 aromatic rings. The van der Waals surface area contributed by atoms with Gasteiger partial charge in [0.15, 0.2) is 12.0 Å². The summed E-state index contributed by atoms with van der Waals surface area (Å²) in [6.45, 7) is 0.930. The van der Waals surface area contributed by atoms with Gasteiger partial charge in [0.25, 0.3) is 0 Å². The van der Waals surface area contributed by atoms with Gasteiger partial charge in [0.05, 0.1) is 12.3 Å². The third kappa shape index (κ3) is 4.59. The Bertz CT molecular complexity index is 449. The van der Waals surface area contributed by atoms with E-state index in [1.165, 1.54) is 6.26 Å². The molecule has 0 aliphatic rings. The Morgan fingerprint density at radius 3 is 2.62 bits per heavy atom. The molecule has 0 amide bonds. The lowest BCUT2D eigenvalue weighted by atomic mass is 10.4. The topological polar surface area (TPSA) is 67.6 Å². The molecule has 5 nitrogen and oxygen atoms in total. The fourth-order valence-corrected chi connectivity index (χ4v) is 1.85. The molecule has 0 saturated carbocycles. The first-order valence-electron chi connectivity index (χ1n) is 4.81. The van der Waals surface area contributed by atoms with Crippen LogP contribution in [0.15, 0.2) is 16.5 Å². The van der Waals surface area contributed by atoms with Crippen molar-refractivity contribution in [2.75, 3.05) is 25.6 Å². The Balaban J connectivity index is 2.45. The minimum atomic E-state index is -2.94. The van der Waals surface area contributed by atoms with Gasteiger partial charge in [-0.25, -0.2) is 8.42 Å². The number of nitrogens with zero attached hydrogens (tertiary/aromatic N) is 1. The first-order chi connectivity index (χ1) is 7.40. The fraction of sp³-hybridized carbons (Fsp3) is 0.500. The summed E-state index contributed by atoms with van der Waals surface area (Å²) in [5, 5.41) is 0. The van der Waals surface area contributed by atoms with Gasteiger partial charge in [-0.05, 0) is 19.2 Å². The maximum absolute atomic E-state index is 10.9. The largest absolute Gasteiger partial charge is 0.457 e. The van der Waals surface area contributed by atoms with Crippen LogP contribution in [0.25, 0.3) is 0 Å². The lowest BCUT2D eigenvalue weighted by molar-refractivity contribution is 0.109. The molecule has 6 heteroatoms. The zero-order valence-corrected chi connectivity index (χ0v) is 10.2. The van der Waals surface area contributed by atoms with Gasteiger partial charge in [0.1, 0.15) is 15.6 Å². The van der Waals surface area contributed by atoms with Crippen LogP contribution in [0.1, 0.15) is 16.3 Å². The summed E-state index contributed by atoms with van der Waals surface area (Å²) < 4.78 is 27.1. The number of hydrogen-bond donors (Lipinski definition) is 0. The van der Waals surface area contributed by atoms with Gasteiger partial charge in [-0.15, -0.1) is 0 Å². The Labute approximate surface area is 95.0 Å². The number of hydrogen-bond acceptors (Lipinski definition) is 5. The van der Waals surface area contributed by atoms with Crippen molar-refractivity contribution in [3.8, 4) is 0 Å². The Morgan fingerprint density at radius 1 is 1.44 bits per heavy atom. The smallest absolute Gasteiger partial charge is 0.185 e. The van der Waals surface area contributed by atoms with Crippen LogP contribution in [0.3, 0.4) is 0 Å². The lowest BCUT2D eigenvalue weighted by Gasteiger charge is -2.13. The number of rotatable bonds is 6. The van der Waals surface area contributed by atoms with Gasteiger partial charge < -0.3 is 4.42 Å². The molecule has 0 unspecified atom stereocenters. The fourth-order valence-electron chi connectivity index (χ4n) is 1.21. The maximum atomic E-state index is 10.9. The Kier molecular flexibility index (Phi) is 4.26. The van der Waals surface area contributed by atoms with Crippen molar-refractivity contribution >= 4 is 16.1 Å². The van der Waals surface area contributed by atoms with Crippen LogP contribution in [0.4, 0.5) is 0 Å². The summed E-state index contributed by atoms with van der Waals surface area (Å²) in [7, 11) is -1.14. The Hall–Kier alpha value is -1.14. The monoisotopic (exact) mass is 245 g/mol. The average molecular weight is 245 g/mol. The van der Waals surface area contributed by atoms with Crippen LogP contribution in [-0.2, 0) is 16.4 Å². The molecule has 1 rings (SSSR count). The Morgan fingerprint density at radius 2 is 2.12 bits per heavy atom. The SMILES string of the molecule is CN(CCS(C)(=O)=O)Cc1ccc(C=O)o1. The van der Waals surface area contributed by atoms with Crippen molar-refractivity contribution in [3.05, 3.63) is 23.7 Å². The zero-order chi connectivity index (χ0) is 12.2. The van der Waals surface area contributed by atoms with Crippen molar-refractivity contribution < 1.29 is 17.6 Å². The molecule has 16 heavy (non-hydrogen) atoms. The minimum Gasteiger partial charge on any atom is -0.457 e. The summed E-state index contributed by atoms with van der Waals surface area (Å²) in [6.07, 6.45) is 1.85. The van der Waals surface area contributed by atoms with Crippen LogP contribution < -0.4 is 0 Å². The van der Waals surface area contributed by atoms with Crippen molar-refractivity contribution in [3.63, 3.8) is 0 Å². The van der Waals surface area contributed by atoms with Crippen LogP contribution >= 0.6 is 0 Å². The third-order valence-electron chi connectivity index (χ3n) is 2.07. The van der Waals surface area contributed by atoms with Crippen molar-refractivity contribution in [2.24, 2.45) is 0 Å². The van der Waals surface area contributed by atoms with Crippen LogP contribution in [-0.4, -0.2) is 45.2 Å². The highest BCUT2D eigenvalue weighted by atomic mass is 32.2. The number of sulfone groups is 1. The van der Waals surface area contributed by atoms with Gasteiger partial charge in [0.2, 0.25) is 0 Å². The lowest BCUT2D eigenvalue weighted by Crippen LogP contribution is -2.24. The predicted molar refractivity (Wildman–Crippen MR) is 60.1 cm³/mol. The molecular formula is C10H15NO4S. The second-order valence-electron chi connectivity index (χ2n) is 3.79. The summed E-state index contributed by atoms with van der Waals surface area (Å²) in [5.41, 5.74) is 0. The minimum absolute atomic E-state index is 0.116. The number of carbonyl (C=O) groups excluding carboxylic acids is 1. The molecule has 0 saturated heterocycles. The van der Waals surface area contributed by atoms with E-state index < -0.39 is 9.84 Å². The van der Waals surface area contributed by atoms with E-state index in [0.717, 1.165) is 0 Å². The van der Waals surface area contributed by atoms with E-state index in [1.54, 1.807) is 19.2 Å². The standard InChI is InChI=1S/C10H15NO4S/c1-11(5-6-16(2,13)14)7-9-3-4-10(8-12)15-9/h3-4,8H,5-7H2,1-2H3. The molecule has 1 aromatic heterocycles. The van der Waals surface area contributed by atoms with Crippen LogP contribution in [0, 0.1) is 0 Å². The molecule has 1 heterocycles. The molecule has 0 bridgehead atoms. The van der Waals surface area contributed by atoms with Gasteiger partial charge in [-0.3, -0.25) is 9.69 Å². The van der Waals surface area contributed by atoms with E-state index in [4.69, 9.17) is 4.42 Å². The van der Waals surface area contributed by atoms with Gasteiger partial charge in [-0.2, -0.15) is 0 Å². The second kappa shape index (κ2) is 5.27. The average Bonchev–Trinajstić information content (AvgIpc) is 2.61. The summed E-state index contributed by atoms with van der Waals surface area (Å²) >= 11 is 0. The molecule has 0 aromatic carbocycles.